The number of hydrogen-bond acceptors (Lipinski definition) is 4. The zero-order valence-corrected chi connectivity index (χ0v) is 10.8. The third-order valence-corrected chi connectivity index (χ3v) is 2.82. The highest BCUT2D eigenvalue weighted by Crippen LogP contribution is 2.24. The van der Waals surface area contributed by atoms with Crippen LogP contribution < -0.4 is 0 Å². The second-order valence-corrected chi connectivity index (χ2v) is 4.24. The van der Waals surface area contributed by atoms with E-state index in [0.29, 0.717) is 6.54 Å². The van der Waals surface area contributed by atoms with Gasteiger partial charge in [-0.3, -0.25) is 9.59 Å². The van der Waals surface area contributed by atoms with Gasteiger partial charge in [0.05, 0.1) is 12.0 Å². The maximum atomic E-state index is 12.2. The molecule has 0 radical (unpaired) electrons. The molecule has 0 aromatic heterocycles. The van der Waals surface area contributed by atoms with Gasteiger partial charge in [-0.15, -0.1) is 0 Å². The maximum absolute atomic E-state index is 12.2. The highest BCUT2D eigenvalue weighted by Gasteiger charge is 2.24. The molecule has 0 spiro atoms. The molecular formula is C13H17NO5. The van der Waals surface area contributed by atoms with Gasteiger partial charge in [-0.05, 0) is 26.0 Å². The molecule has 0 saturated carbocycles. The summed E-state index contributed by atoms with van der Waals surface area (Å²) in [5, 5.41) is 27.6. The molecule has 3 N–H and O–H groups in total. The molecule has 0 heterocycles. The zero-order chi connectivity index (χ0) is 14.6. The topological polar surface area (TPSA) is 98.1 Å². The van der Waals surface area contributed by atoms with Crippen LogP contribution in [0.5, 0.6) is 11.5 Å². The molecule has 1 aromatic carbocycles. The zero-order valence-electron chi connectivity index (χ0n) is 10.8. The lowest BCUT2D eigenvalue weighted by atomic mass is 10.1. The van der Waals surface area contributed by atoms with Gasteiger partial charge < -0.3 is 20.2 Å². The van der Waals surface area contributed by atoms with Gasteiger partial charge in [0.25, 0.3) is 5.91 Å². The molecular weight excluding hydrogens is 250 g/mol. The number of rotatable bonds is 5. The Hall–Kier alpha value is -2.24. The number of nitrogens with zero attached hydrogens (tertiary/aromatic N) is 1. The normalized spacial score (nSPS) is 11.9. The second kappa shape index (κ2) is 6.08. The van der Waals surface area contributed by atoms with Gasteiger partial charge in [-0.25, -0.2) is 0 Å². The summed E-state index contributed by atoms with van der Waals surface area (Å²) in [4.78, 5) is 24.3. The number of hydrogen-bond donors (Lipinski definition) is 3. The van der Waals surface area contributed by atoms with Gasteiger partial charge in [-0.2, -0.15) is 0 Å². The van der Waals surface area contributed by atoms with Crippen molar-refractivity contribution in [2.45, 2.75) is 26.3 Å². The van der Waals surface area contributed by atoms with Gasteiger partial charge in [-0.1, -0.05) is 0 Å². The van der Waals surface area contributed by atoms with E-state index < -0.39 is 17.9 Å². The maximum Gasteiger partial charge on any atom is 0.305 e. The minimum Gasteiger partial charge on any atom is -0.508 e. The molecule has 0 fully saturated rings. The molecule has 6 heteroatoms. The monoisotopic (exact) mass is 267 g/mol. The van der Waals surface area contributed by atoms with Crippen molar-refractivity contribution in [1.82, 2.24) is 4.90 Å². The van der Waals surface area contributed by atoms with Crippen molar-refractivity contribution in [2.75, 3.05) is 6.54 Å². The summed E-state index contributed by atoms with van der Waals surface area (Å²) < 4.78 is 0. The average molecular weight is 267 g/mol. The summed E-state index contributed by atoms with van der Waals surface area (Å²) in [5.74, 6) is -1.93. The fraction of sp³-hybridized carbons (Fsp3) is 0.385. The molecule has 1 rings (SSSR count). The molecule has 1 amide bonds. The van der Waals surface area contributed by atoms with Crippen molar-refractivity contribution in [3.8, 4) is 11.5 Å². The fourth-order valence-electron chi connectivity index (χ4n) is 1.87. The molecule has 0 saturated heterocycles. The molecule has 0 aliphatic rings. The minimum absolute atomic E-state index is 0.0388. The van der Waals surface area contributed by atoms with Crippen molar-refractivity contribution < 1.29 is 24.9 Å². The predicted octanol–water partition coefficient (Wildman–Crippen LogP) is 1.42. The Morgan fingerprint density at radius 1 is 1.32 bits per heavy atom. The second-order valence-electron chi connectivity index (χ2n) is 4.24. The van der Waals surface area contributed by atoms with Crippen LogP contribution in [0.4, 0.5) is 0 Å². The van der Waals surface area contributed by atoms with Crippen LogP contribution in [0, 0.1) is 0 Å². The molecule has 0 bridgehead atoms. The molecule has 6 nitrogen and oxygen atoms in total. The third kappa shape index (κ3) is 3.61. The number of benzene rings is 1. The number of amides is 1. The number of carbonyl (C=O) groups is 2. The van der Waals surface area contributed by atoms with E-state index in [4.69, 9.17) is 5.11 Å². The van der Waals surface area contributed by atoms with Crippen LogP contribution >= 0.6 is 0 Å². The van der Waals surface area contributed by atoms with Gasteiger partial charge >= 0.3 is 5.97 Å². The van der Waals surface area contributed by atoms with Crippen LogP contribution in [-0.2, 0) is 4.79 Å². The number of phenolic OH excluding ortho intramolecular Hbond substituents is 2. The highest BCUT2D eigenvalue weighted by molar-refractivity contribution is 5.97. The summed E-state index contributed by atoms with van der Waals surface area (Å²) in [6.45, 7) is 3.69. The number of carboxylic acids is 1. The van der Waals surface area contributed by atoms with E-state index in [2.05, 4.69) is 0 Å². The molecule has 1 unspecified atom stereocenters. The van der Waals surface area contributed by atoms with Crippen LogP contribution in [0.25, 0.3) is 0 Å². The van der Waals surface area contributed by atoms with Crippen molar-refractivity contribution in [2.24, 2.45) is 0 Å². The Kier molecular flexibility index (Phi) is 4.74. The van der Waals surface area contributed by atoms with E-state index in [1.807, 2.05) is 0 Å². The predicted molar refractivity (Wildman–Crippen MR) is 68.2 cm³/mol. The molecule has 0 aliphatic carbocycles. The first-order valence-corrected chi connectivity index (χ1v) is 5.91. The lowest BCUT2D eigenvalue weighted by Gasteiger charge is -2.27. The van der Waals surface area contributed by atoms with Crippen molar-refractivity contribution in [1.29, 1.82) is 0 Å². The van der Waals surface area contributed by atoms with E-state index in [1.54, 1.807) is 13.8 Å². The van der Waals surface area contributed by atoms with Gasteiger partial charge in [0, 0.05) is 18.7 Å². The summed E-state index contributed by atoms with van der Waals surface area (Å²) in [5.41, 5.74) is 0.0388. The van der Waals surface area contributed by atoms with E-state index in [-0.39, 0.29) is 23.5 Å². The Morgan fingerprint density at radius 2 is 1.95 bits per heavy atom. The van der Waals surface area contributed by atoms with Gasteiger partial charge in [0.1, 0.15) is 11.5 Å². The Labute approximate surface area is 110 Å². The number of carboxylic acid groups (broad SMARTS) is 1. The largest absolute Gasteiger partial charge is 0.508 e. The minimum atomic E-state index is -0.992. The number of carbonyl (C=O) groups excluding carboxylic acids is 1. The lowest BCUT2D eigenvalue weighted by molar-refractivity contribution is -0.138. The van der Waals surface area contributed by atoms with Crippen LogP contribution in [0.15, 0.2) is 18.2 Å². The Bertz CT molecular complexity index is 486. The van der Waals surface area contributed by atoms with Crippen molar-refractivity contribution in [3.63, 3.8) is 0 Å². The average Bonchev–Trinajstić information content (AvgIpc) is 2.28. The summed E-state index contributed by atoms with van der Waals surface area (Å²) >= 11 is 0. The Morgan fingerprint density at radius 3 is 2.42 bits per heavy atom. The standard InChI is InChI=1S/C13H17NO5/c1-3-14(8(2)6-12(17)18)13(19)10-5-4-9(15)7-11(10)16/h4-5,7-8,15-16H,3,6H2,1-2H3,(H,17,18). The van der Waals surface area contributed by atoms with Crippen LogP contribution in [0.2, 0.25) is 0 Å². The van der Waals surface area contributed by atoms with E-state index in [1.165, 1.54) is 17.0 Å². The third-order valence-electron chi connectivity index (χ3n) is 2.82. The number of aliphatic carboxylic acids is 1. The smallest absolute Gasteiger partial charge is 0.305 e. The van der Waals surface area contributed by atoms with E-state index >= 15 is 0 Å². The quantitative estimate of drug-likeness (QED) is 0.749. The Balaban J connectivity index is 2.98. The first-order valence-electron chi connectivity index (χ1n) is 5.91. The molecule has 0 aliphatic heterocycles. The van der Waals surface area contributed by atoms with Crippen LogP contribution in [0.1, 0.15) is 30.6 Å². The molecule has 104 valence electrons. The van der Waals surface area contributed by atoms with E-state index in [0.717, 1.165) is 6.07 Å². The van der Waals surface area contributed by atoms with Crippen LogP contribution in [0.3, 0.4) is 0 Å². The van der Waals surface area contributed by atoms with Crippen molar-refractivity contribution >= 4 is 11.9 Å². The summed E-state index contributed by atoms with van der Waals surface area (Å²) in [6.07, 6.45) is -0.168. The van der Waals surface area contributed by atoms with Crippen LogP contribution in [-0.4, -0.2) is 44.7 Å². The first kappa shape index (κ1) is 14.8. The number of phenols is 2. The first-order chi connectivity index (χ1) is 8.86. The molecule has 19 heavy (non-hydrogen) atoms. The molecule has 1 atom stereocenters. The highest BCUT2D eigenvalue weighted by atomic mass is 16.4. The summed E-state index contributed by atoms with van der Waals surface area (Å²) in [7, 11) is 0. The molecule has 1 aromatic rings. The van der Waals surface area contributed by atoms with Gasteiger partial charge in [0.15, 0.2) is 0 Å². The van der Waals surface area contributed by atoms with E-state index in [9.17, 15) is 19.8 Å². The SMILES string of the molecule is CCN(C(=O)c1ccc(O)cc1O)C(C)CC(=O)O. The summed E-state index contributed by atoms with van der Waals surface area (Å²) in [6, 6.07) is 3.19. The van der Waals surface area contributed by atoms with Gasteiger partial charge in [0.2, 0.25) is 0 Å². The number of aromatic hydroxyl groups is 2. The fourth-order valence-corrected chi connectivity index (χ4v) is 1.87. The van der Waals surface area contributed by atoms with Crippen molar-refractivity contribution in [3.05, 3.63) is 23.8 Å². The lowest BCUT2D eigenvalue weighted by Crippen LogP contribution is -2.39.